The van der Waals surface area contributed by atoms with Crippen LogP contribution in [0.5, 0.6) is 0 Å². The van der Waals surface area contributed by atoms with E-state index in [-0.39, 0.29) is 0 Å². The molecule has 0 saturated carbocycles. The average Bonchev–Trinajstić information content (AvgIpc) is 2.98. The monoisotopic (exact) mass is 355 g/mol. The quantitative estimate of drug-likeness (QED) is 0.608. The fourth-order valence-corrected chi connectivity index (χ4v) is 2.74. The van der Waals surface area contributed by atoms with Gasteiger partial charge >= 0.3 is 0 Å². The maximum absolute atomic E-state index is 6.27. The molecule has 126 valence electrons. The van der Waals surface area contributed by atoms with Gasteiger partial charge in [0.05, 0.1) is 16.9 Å². The van der Waals surface area contributed by atoms with Gasteiger partial charge in [0.25, 0.3) is 0 Å². The van der Waals surface area contributed by atoms with E-state index < -0.39 is 0 Å². The highest BCUT2D eigenvalue weighted by atomic mass is 35.5. The van der Waals surface area contributed by atoms with Crippen molar-refractivity contribution in [1.82, 2.24) is 15.5 Å². The number of aromatic amines is 1. The van der Waals surface area contributed by atoms with Crippen molar-refractivity contribution in [1.29, 1.82) is 0 Å². The molecular formula is C17H23Cl2N3O. The predicted octanol–water partition coefficient (Wildman–Crippen LogP) is 4.68. The smallest absolute Gasteiger partial charge is 0.0710 e. The van der Waals surface area contributed by atoms with Crippen molar-refractivity contribution in [2.24, 2.45) is 0 Å². The summed E-state index contributed by atoms with van der Waals surface area (Å²) in [5.74, 6) is 0. The Hall–Kier alpha value is -1.07. The number of halogens is 2. The lowest BCUT2D eigenvalue weighted by Gasteiger charge is -2.08. The normalized spacial score (nSPS) is 11.1. The van der Waals surface area contributed by atoms with Crippen LogP contribution in [0.2, 0.25) is 10.0 Å². The van der Waals surface area contributed by atoms with Gasteiger partial charge in [0.15, 0.2) is 0 Å². The van der Waals surface area contributed by atoms with Gasteiger partial charge in [0, 0.05) is 35.9 Å². The van der Waals surface area contributed by atoms with E-state index in [0.717, 1.165) is 56.0 Å². The number of benzene rings is 1. The minimum absolute atomic E-state index is 0.618. The number of ether oxygens (including phenoxy) is 1. The third-order valence-corrected chi connectivity index (χ3v) is 4.07. The summed E-state index contributed by atoms with van der Waals surface area (Å²) in [5, 5.41) is 11.8. The maximum Gasteiger partial charge on any atom is 0.0710 e. The van der Waals surface area contributed by atoms with E-state index in [0.29, 0.717) is 10.0 Å². The molecule has 2 rings (SSSR count). The number of hydrogen-bond acceptors (Lipinski definition) is 3. The summed E-state index contributed by atoms with van der Waals surface area (Å²) in [7, 11) is 0. The molecule has 0 atom stereocenters. The van der Waals surface area contributed by atoms with Crippen molar-refractivity contribution in [3.63, 3.8) is 0 Å². The van der Waals surface area contributed by atoms with Gasteiger partial charge in [-0.15, -0.1) is 0 Å². The number of aromatic nitrogens is 2. The van der Waals surface area contributed by atoms with Gasteiger partial charge in [-0.25, -0.2) is 0 Å². The Morgan fingerprint density at radius 2 is 2.04 bits per heavy atom. The third kappa shape index (κ3) is 5.81. The van der Waals surface area contributed by atoms with Crippen LogP contribution in [0.25, 0.3) is 11.3 Å². The zero-order chi connectivity index (χ0) is 16.5. The molecule has 0 saturated heterocycles. The second-order valence-electron chi connectivity index (χ2n) is 5.39. The molecule has 0 aliphatic carbocycles. The summed E-state index contributed by atoms with van der Waals surface area (Å²) in [6.45, 7) is 5.47. The Morgan fingerprint density at radius 1 is 1.22 bits per heavy atom. The second-order valence-corrected chi connectivity index (χ2v) is 6.23. The molecule has 6 heteroatoms. The molecule has 2 N–H and O–H groups in total. The number of hydrogen-bond donors (Lipinski definition) is 2. The van der Waals surface area contributed by atoms with Crippen LogP contribution in [0.1, 0.15) is 31.7 Å². The summed E-state index contributed by atoms with van der Waals surface area (Å²) in [6.07, 6.45) is 5.13. The summed E-state index contributed by atoms with van der Waals surface area (Å²) in [5.41, 5.74) is 2.92. The van der Waals surface area contributed by atoms with Crippen LogP contribution in [0.3, 0.4) is 0 Å². The topological polar surface area (TPSA) is 49.9 Å². The summed E-state index contributed by atoms with van der Waals surface area (Å²) < 4.78 is 5.54. The fourth-order valence-electron chi connectivity index (χ4n) is 2.24. The number of rotatable bonds is 10. The second kappa shape index (κ2) is 9.93. The van der Waals surface area contributed by atoms with Crippen molar-refractivity contribution in [2.45, 2.75) is 32.7 Å². The van der Waals surface area contributed by atoms with Crippen molar-refractivity contribution >= 4 is 23.2 Å². The van der Waals surface area contributed by atoms with Crippen molar-refractivity contribution in [3.05, 3.63) is 40.0 Å². The Balaban J connectivity index is 1.80. The first-order chi connectivity index (χ1) is 11.2. The lowest BCUT2D eigenvalue weighted by molar-refractivity contribution is 0.129. The van der Waals surface area contributed by atoms with Crippen LogP contribution in [-0.4, -0.2) is 30.0 Å². The summed E-state index contributed by atoms with van der Waals surface area (Å²) in [6, 6.07) is 5.47. The van der Waals surface area contributed by atoms with Crippen LogP contribution in [0, 0.1) is 0 Å². The van der Waals surface area contributed by atoms with Crippen molar-refractivity contribution in [2.75, 3.05) is 19.8 Å². The Bertz CT molecular complexity index is 601. The van der Waals surface area contributed by atoms with Gasteiger partial charge in [0.1, 0.15) is 0 Å². The van der Waals surface area contributed by atoms with Crippen molar-refractivity contribution in [3.8, 4) is 11.3 Å². The van der Waals surface area contributed by atoms with Gasteiger partial charge in [0.2, 0.25) is 0 Å². The van der Waals surface area contributed by atoms with E-state index in [4.69, 9.17) is 27.9 Å². The Kier molecular flexibility index (Phi) is 7.89. The molecule has 4 nitrogen and oxygen atoms in total. The molecule has 1 aromatic heterocycles. The SMILES string of the molecule is CCCCOCCCNCc1cn[nH]c1-c1ccc(Cl)cc1Cl. The highest BCUT2D eigenvalue weighted by Crippen LogP contribution is 2.30. The van der Waals surface area contributed by atoms with E-state index in [1.165, 1.54) is 6.42 Å². The molecule has 1 heterocycles. The Morgan fingerprint density at radius 3 is 2.83 bits per heavy atom. The predicted molar refractivity (Wildman–Crippen MR) is 96.1 cm³/mol. The molecule has 0 aliphatic heterocycles. The number of H-pyrrole nitrogens is 1. The minimum atomic E-state index is 0.618. The molecule has 0 amide bonds. The highest BCUT2D eigenvalue weighted by Gasteiger charge is 2.11. The number of nitrogens with one attached hydrogen (secondary N) is 2. The molecule has 23 heavy (non-hydrogen) atoms. The van der Waals surface area contributed by atoms with Crippen LogP contribution >= 0.6 is 23.2 Å². The van der Waals surface area contributed by atoms with Crippen LogP contribution < -0.4 is 5.32 Å². The molecule has 0 bridgehead atoms. The number of nitrogens with zero attached hydrogens (tertiary/aromatic N) is 1. The van der Waals surface area contributed by atoms with Crippen LogP contribution in [-0.2, 0) is 11.3 Å². The maximum atomic E-state index is 6.27. The Labute approximate surface area is 147 Å². The zero-order valence-corrected chi connectivity index (χ0v) is 14.9. The molecule has 1 aromatic carbocycles. The fraction of sp³-hybridized carbons (Fsp3) is 0.471. The standard InChI is InChI=1S/C17H23Cl2N3O/c1-2-3-8-23-9-4-7-20-11-13-12-21-22-17(13)15-6-5-14(18)10-16(15)19/h5-6,10,12,20H,2-4,7-9,11H2,1H3,(H,21,22). The minimum Gasteiger partial charge on any atom is -0.381 e. The van der Waals surface area contributed by atoms with Gasteiger partial charge in [-0.2, -0.15) is 5.10 Å². The molecule has 0 fully saturated rings. The number of unbranched alkanes of at least 4 members (excludes halogenated alkanes) is 1. The first-order valence-corrected chi connectivity index (χ1v) is 8.74. The molecule has 0 radical (unpaired) electrons. The van der Waals surface area contributed by atoms with E-state index in [2.05, 4.69) is 22.4 Å². The molecular weight excluding hydrogens is 333 g/mol. The largest absolute Gasteiger partial charge is 0.381 e. The molecule has 0 aliphatic rings. The van der Waals surface area contributed by atoms with Gasteiger partial charge < -0.3 is 10.1 Å². The molecule has 2 aromatic rings. The third-order valence-electron chi connectivity index (χ3n) is 3.52. The summed E-state index contributed by atoms with van der Waals surface area (Å²) in [4.78, 5) is 0. The van der Waals surface area contributed by atoms with Gasteiger partial charge in [-0.1, -0.05) is 36.5 Å². The lowest BCUT2D eigenvalue weighted by Crippen LogP contribution is -2.16. The van der Waals surface area contributed by atoms with Crippen LogP contribution in [0.4, 0.5) is 0 Å². The lowest BCUT2D eigenvalue weighted by atomic mass is 10.1. The molecule has 0 unspecified atom stereocenters. The molecule has 0 spiro atoms. The van der Waals surface area contributed by atoms with E-state index in [1.54, 1.807) is 6.07 Å². The van der Waals surface area contributed by atoms with E-state index >= 15 is 0 Å². The first-order valence-electron chi connectivity index (χ1n) is 7.98. The van der Waals surface area contributed by atoms with Gasteiger partial charge in [-0.3, -0.25) is 5.10 Å². The summed E-state index contributed by atoms with van der Waals surface area (Å²) >= 11 is 12.2. The average molecular weight is 356 g/mol. The van der Waals surface area contributed by atoms with Crippen LogP contribution in [0.15, 0.2) is 24.4 Å². The van der Waals surface area contributed by atoms with E-state index in [9.17, 15) is 0 Å². The van der Waals surface area contributed by atoms with Gasteiger partial charge in [-0.05, 0) is 37.6 Å². The van der Waals surface area contributed by atoms with Crippen molar-refractivity contribution < 1.29 is 4.74 Å². The van der Waals surface area contributed by atoms with E-state index in [1.807, 2.05) is 18.3 Å². The first kappa shape index (κ1) is 18.3. The highest BCUT2D eigenvalue weighted by molar-refractivity contribution is 6.36. The zero-order valence-electron chi connectivity index (χ0n) is 13.4.